The molecule has 5 heterocycles. The lowest BCUT2D eigenvalue weighted by molar-refractivity contribution is -0.829. The van der Waals surface area contributed by atoms with Crippen molar-refractivity contribution in [3.8, 4) is 0 Å². The number of rotatable bonds is 25. The second-order valence-electron chi connectivity index (χ2n) is 16.0. The summed E-state index contributed by atoms with van der Waals surface area (Å²) in [7, 11) is 8.32. The summed E-state index contributed by atoms with van der Waals surface area (Å²) in [6.07, 6.45) is 15.0. The van der Waals surface area contributed by atoms with Crippen molar-refractivity contribution in [3.05, 3.63) is 0 Å². The van der Waals surface area contributed by atoms with Gasteiger partial charge < -0.3 is 38.7 Å². The van der Waals surface area contributed by atoms with Crippen LogP contribution in [0.4, 0.5) is 0 Å². The van der Waals surface area contributed by atoms with Gasteiger partial charge in [-0.25, -0.2) is 0 Å². The van der Waals surface area contributed by atoms with Crippen molar-refractivity contribution in [1.29, 1.82) is 0 Å². The smallest absolute Gasteiger partial charge is 0.117 e. The predicted molar refractivity (Wildman–Crippen MR) is 235 cm³/mol. The molecule has 55 heavy (non-hydrogen) atoms. The summed E-state index contributed by atoms with van der Waals surface area (Å²) < 4.78 is 17.2. The second-order valence-corrected chi connectivity index (χ2v) is 18.5. The maximum Gasteiger partial charge on any atom is 0.117 e. The minimum Gasteiger partial charge on any atom is -0.379 e. The van der Waals surface area contributed by atoms with E-state index in [1.54, 1.807) is 0 Å². The largest absolute Gasteiger partial charge is 0.379 e. The number of hydrogen-bond donors (Lipinski definition) is 0. The van der Waals surface area contributed by atoms with Gasteiger partial charge in [0.1, 0.15) is 24.5 Å². The van der Waals surface area contributed by atoms with Crippen LogP contribution in [0.5, 0.6) is 0 Å². The molecule has 0 spiro atoms. The third-order valence-electron chi connectivity index (χ3n) is 11.0. The lowest BCUT2D eigenvalue weighted by Gasteiger charge is -2.26. The molecule has 324 valence electrons. The molecule has 0 amide bonds. The van der Waals surface area contributed by atoms with Crippen LogP contribution in [0, 0.1) is 0 Å². The average molecular weight is 817 g/mol. The van der Waals surface area contributed by atoms with Gasteiger partial charge in [-0.05, 0) is 131 Å². The van der Waals surface area contributed by atoms with Crippen molar-refractivity contribution >= 4 is 23.5 Å². The first-order valence-corrected chi connectivity index (χ1v) is 24.6. The summed E-state index contributed by atoms with van der Waals surface area (Å²) >= 11 is 3.99. The van der Waals surface area contributed by atoms with Crippen LogP contribution in [0.1, 0.15) is 70.6 Å². The molecule has 0 radical (unpaired) electrons. The molecule has 14 heteroatoms. The highest BCUT2D eigenvalue weighted by Crippen LogP contribution is 2.11. The monoisotopic (exact) mass is 817 g/mol. The van der Waals surface area contributed by atoms with E-state index in [1.807, 2.05) is 28.4 Å². The average Bonchev–Trinajstić information content (AvgIpc) is 3.99. The zero-order valence-corrected chi connectivity index (χ0v) is 37.9. The lowest BCUT2D eigenvalue weighted by atomic mass is 10.1. The zero-order valence-electron chi connectivity index (χ0n) is 36.2. The predicted octanol–water partition coefficient (Wildman–Crippen LogP) is 4.76. The molecule has 0 aromatic heterocycles. The van der Waals surface area contributed by atoms with Gasteiger partial charge in [0.25, 0.3) is 0 Å². The molecule has 5 fully saturated rings. The van der Waals surface area contributed by atoms with Gasteiger partial charge in [0, 0.05) is 54.3 Å². The summed E-state index contributed by atoms with van der Waals surface area (Å²) in [4.78, 5) is 14.3. The van der Waals surface area contributed by atoms with Crippen LogP contribution in [-0.2, 0) is 14.2 Å². The van der Waals surface area contributed by atoms with E-state index in [1.165, 1.54) is 129 Å². The molecule has 0 atom stereocenters. The van der Waals surface area contributed by atoms with Gasteiger partial charge in [-0.3, -0.25) is 0 Å². The van der Waals surface area contributed by atoms with E-state index in [4.69, 9.17) is 14.2 Å². The number of likely N-dealkylation sites (tertiary alicyclic amines) is 4. The van der Waals surface area contributed by atoms with Crippen LogP contribution >= 0.6 is 23.5 Å². The van der Waals surface area contributed by atoms with Crippen LogP contribution in [0.25, 0.3) is 0 Å². The first kappa shape index (κ1) is 48.9. The minimum absolute atomic E-state index is 0.881. The summed E-state index contributed by atoms with van der Waals surface area (Å²) in [5, 5.41) is 8.78. The Morgan fingerprint density at radius 3 is 1.24 bits per heavy atom. The molecule has 5 aliphatic heterocycles. The van der Waals surface area contributed by atoms with Gasteiger partial charge >= 0.3 is 0 Å². The number of hydrogen-bond acceptors (Lipinski definition) is 11. The maximum absolute atomic E-state index is 5.73. The van der Waals surface area contributed by atoms with Gasteiger partial charge in [0.2, 0.25) is 0 Å². The van der Waals surface area contributed by atoms with Crippen molar-refractivity contribution in [2.75, 3.05) is 196 Å². The topological polar surface area (TPSA) is 65.7 Å². The lowest BCUT2D eigenvalue weighted by Crippen LogP contribution is -2.32. The number of hydrazine groups is 2. The standard InChI is InChI=1S/C18H36N2O2S.C14H28N2OS.C9H22N5/c1-3-7-19(8-4-1)11-13-21-15-17-23-18-16-22-14-12-20-9-5-2-6-10-20;1-2-6-15(5-1)9-11-17-12-14-18-13-10-16-7-3-4-8-16;1-11(2)7-5-6-10-14-12(3)8-9-13(14)4/h1-18H2;1-14H2;5-9H2,1-4H3/q;;+1. The van der Waals surface area contributed by atoms with Crippen molar-refractivity contribution < 1.29 is 19.1 Å². The van der Waals surface area contributed by atoms with Crippen molar-refractivity contribution in [2.24, 2.45) is 5.11 Å². The highest BCUT2D eigenvalue weighted by atomic mass is 32.2. The Bertz CT molecular complexity index is 844. The number of likely N-dealkylation sites (N-methyl/N-ethyl adjacent to an activating group) is 2. The van der Waals surface area contributed by atoms with E-state index in [0.717, 1.165) is 109 Å². The van der Waals surface area contributed by atoms with Gasteiger partial charge in [0.15, 0.2) is 0 Å². The van der Waals surface area contributed by atoms with Crippen LogP contribution in [0.3, 0.4) is 0 Å². The van der Waals surface area contributed by atoms with Crippen LogP contribution in [0.15, 0.2) is 5.11 Å². The third kappa shape index (κ3) is 25.6. The maximum atomic E-state index is 5.73. The molecule has 0 aromatic carbocycles. The van der Waals surface area contributed by atoms with E-state index >= 15 is 0 Å². The fourth-order valence-corrected chi connectivity index (χ4v) is 9.01. The van der Waals surface area contributed by atoms with E-state index in [9.17, 15) is 0 Å². The van der Waals surface area contributed by atoms with Gasteiger partial charge in [-0.15, -0.1) is 10.0 Å². The van der Waals surface area contributed by atoms with Crippen molar-refractivity contribution in [2.45, 2.75) is 70.6 Å². The number of nitrogens with zero attached hydrogens (tertiary/aromatic N) is 9. The van der Waals surface area contributed by atoms with E-state index in [0.29, 0.717) is 0 Å². The Kier molecular flexibility index (Phi) is 29.7. The fourth-order valence-electron chi connectivity index (χ4n) is 7.51. The normalized spacial score (nSPS) is 20.3. The summed E-state index contributed by atoms with van der Waals surface area (Å²) in [5.74, 6) is 4.62. The van der Waals surface area contributed by atoms with Crippen LogP contribution in [0.2, 0.25) is 0 Å². The summed E-state index contributed by atoms with van der Waals surface area (Å²) in [5.41, 5.74) is 0. The Morgan fingerprint density at radius 1 is 0.473 bits per heavy atom. The molecule has 12 nitrogen and oxygen atoms in total. The van der Waals surface area contributed by atoms with E-state index in [-0.39, 0.29) is 0 Å². The molecule has 0 aromatic rings. The number of piperidine rings is 2. The quantitative estimate of drug-likeness (QED) is 0.0944. The van der Waals surface area contributed by atoms with Crippen LogP contribution < -0.4 is 0 Å². The minimum atomic E-state index is 0.881. The molecular weight excluding hydrogens is 731 g/mol. The molecule has 0 unspecified atom stereocenters. The summed E-state index contributed by atoms with van der Waals surface area (Å²) in [6.45, 7) is 24.5. The SMILES string of the molecule is C1CCN(CCOCCSCCN2CCCC2)C1.C1CCN(CCOCCSCCOCCN2CCCCC2)CC1.CN(C)CCCN=[N+]1N(C)CCN1C. The van der Waals surface area contributed by atoms with Gasteiger partial charge in [-0.1, -0.05) is 12.8 Å². The molecular formula is C41H86N9O3S2+. The molecule has 0 N–H and O–H groups in total. The Morgan fingerprint density at radius 2 is 0.836 bits per heavy atom. The van der Waals surface area contributed by atoms with Gasteiger partial charge in [0.05, 0.1) is 53.7 Å². The molecule has 0 saturated carbocycles. The first-order chi connectivity index (χ1) is 27.0. The molecule has 5 saturated heterocycles. The molecule has 5 aliphatic rings. The van der Waals surface area contributed by atoms with E-state index < -0.39 is 0 Å². The Labute approximate surface area is 347 Å². The molecule has 0 aliphatic carbocycles. The number of thioether (sulfide) groups is 2. The number of ether oxygens (including phenoxy) is 3. The van der Waals surface area contributed by atoms with Crippen molar-refractivity contribution in [1.82, 2.24) is 34.5 Å². The molecule has 5 rings (SSSR count). The first-order valence-electron chi connectivity index (χ1n) is 22.3. The zero-order chi connectivity index (χ0) is 39.0. The Balaban J connectivity index is 0.000000229. The second kappa shape index (κ2) is 33.4. The molecule has 0 bridgehead atoms. The highest BCUT2D eigenvalue weighted by molar-refractivity contribution is 7.99. The van der Waals surface area contributed by atoms with Crippen LogP contribution in [-0.4, -0.2) is 235 Å². The third-order valence-corrected chi connectivity index (χ3v) is 12.8. The van der Waals surface area contributed by atoms with Crippen molar-refractivity contribution in [3.63, 3.8) is 0 Å². The summed E-state index contributed by atoms with van der Waals surface area (Å²) in [6, 6.07) is 0. The van der Waals surface area contributed by atoms with E-state index in [2.05, 4.69) is 67.8 Å². The van der Waals surface area contributed by atoms with Gasteiger partial charge in [-0.2, -0.15) is 23.5 Å². The highest BCUT2D eigenvalue weighted by Gasteiger charge is 2.27. The Hall–Kier alpha value is -0.420. The fraction of sp³-hybridized carbons (Fsp3) is 1.00.